The van der Waals surface area contributed by atoms with E-state index in [9.17, 15) is 4.79 Å². The molecule has 0 atom stereocenters. The molecule has 1 aromatic rings. The Morgan fingerprint density at radius 3 is 3.08 bits per heavy atom. The number of ether oxygens (including phenoxy) is 1. The zero-order valence-corrected chi connectivity index (χ0v) is 7.41. The number of rotatable bonds is 2. The Balaban J connectivity index is 2.78. The van der Waals surface area contributed by atoms with Crippen LogP contribution in [-0.2, 0) is 4.79 Å². The first-order chi connectivity index (χ1) is 6.36. The van der Waals surface area contributed by atoms with Gasteiger partial charge in [0.2, 0.25) is 0 Å². The number of methoxy groups -OCH3 is 1. The largest absolute Gasteiger partial charge is 0.497 e. The van der Waals surface area contributed by atoms with Crippen LogP contribution >= 0.6 is 0 Å². The minimum absolute atomic E-state index is 0.275. The predicted octanol–water partition coefficient (Wildman–Crippen LogP) is 1.64. The smallest absolute Gasteiger partial charge is 0.131 e. The summed E-state index contributed by atoms with van der Waals surface area (Å²) in [6.45, 7) is 0. The van der Waals surface area contributed by atoms with Gasteiger partial charge >= 0.3 is 0 Å². The highest BCUT2D eigenvalue weighted by atomic mass is 16.5. The molecule has 0 bridgehead atoms. The molecule has 0 aliphatic heterocycles. The molecule has 0 unspecified atom stereocenters. The lowest BCUT2D eigenvalue weighted by molar-refractivity contribution is -0.107. The maximum absolute atomic E-state index is 9.99. The van der Waals surface area contributed by atoms with Crippen molar-refractivity contribution in [2.75, 3.05) is 7.11 Å². The van der Waals surface area contributed by atoms with Gasteiger partial charge in [0.15, 0.2) is 0 Å². The van der Waals surface area contributed by atoms with Crippen molar-refractivity contribution in [1.29, 1.82) is 0 Å². The molecule has 0 amide bonds. The molecule has 13 heavy (non-hydrogen) atoms. The van der Waals surface area contributed by atoms with Gasteiger partial charge in [-0.1, -0.05) is 17.9 Å². The second kappa shape index (κ2) is 5.00. The number of benzene rings is 1. The summed E-state index contributed by atoms with van der Waals surface area (Å²) in [5.41, 5.74) is 0.862. The molecule has 2 nitrogen and oxygen atoms in total. The molecule has 0 N–H and O–H groups in total. The molecule has 0 radical (unpaired) electrons. The van der Waals surface area contributed by atoms with E-state index in [1.165, 1.54) is 0 Å². The topological polar surface area (TPSA) is 26.3 Å². The molecule has 0 saturated heterocycles. The van der Waals surface area contributed by atoms with Crippen molar-refractivity contribution in [3.63, 3.8) is 0 Å². The summed E-state index contributed by atoms with van der Waals surface area (Å²) in [5.74, 6) is 6.36. The average molecular weight is 174 g/mol. The third-order valence-electron chi connectivity index (χ3n) is 1.49. The van der Waals surface area contributed by atoms with Gasteiger partial charge in [-0.25, -0.2) is 0 Å². The van der Waals surface area contributed by atoms with Gasteiger partial charge in [0.05, 0.1) is 13.5 Å². The van der Waals surface area contributed by atoms with E-state index < -0.39 is 0 Å². The molecule has 2 heteroatoms. The van der Waals surface area contributed by atoms with E-state index in [0.29, 0.717) is 0 Å². The van der Waals surface area contributed by atoms with Crippen LogP contribution in [0.25, 0.3) is 0 Å². The summed E-state index contributed by atoms with van der Waals surface area (Å²) in [5, 5.41) is 0. The molecule has 0 aromatic heterocycles. The SMILES string of the molecule is COc1cccc(C#CCC=O)c1. The summed E-state index contributed by atoms with van der Waals surface area (Å²) in [4.78, 5) is 9.99. The van der Waals surface area contributed by atoms with Gasteiger partial charge in [0.25, 0.3) is 0 Å². The molecule has 66 valence electrons. The van der Waals surface area contributed by atoms with E-state index in [-0.39, 0.29) is 6.42 Å². The molecular weight excluding hydrogens is 164 g/mol. The Kier molecular flexibility index (Phi) is 3.59. The molecule has 0 fully saturated rings. The lowest BCUT2D eigenvalue weighted by atomic mass is 10.2. The van der Waals surface area contributed by atoms with Crippen LogP contribution in [0.5, 0.6) is 5.75 Å². The Bertz CT molecular complexity index is 345. The molecule has 1 aromatic carbocycles. The van der Waals surface area contributed by atoms with Crippen LogP contribution in [0.4, 0.5) is 0 Å². The molecule has 0 heterocycles. The lowest BCUT2D eigenvalue weighted by Crippen LogP contribution is -1.82. The minimum atomic E-state index is 0.275. The van der Waals surface area contributed by atoms with Crippen molar-refractivity contribution in [3.05, 3.63) is 29.8 Å². The van der Waals surface area contributed by atoms with Gasteiger partial charge in [-0.2, -0.15) is 0 Å². The van der Waals surface area contributed by atoms with Gasteiger partial charge < -0.3 is 9.53 Å². The standard InChI is InChI=1S/C11H10O2/c1-13-11-7-4-6-10(9-11)5-2-3-8-12/h4,6-9H,3H2,1H3. The first-order valence-electron chi connectivity index (χ1n) is 3.93. The van der Waals surface area contributed by atoms with Gasteiger partial charge in [-0.05, 0) is 18.2 Å². The maximum atomic E-state index is 9.99. The fourth-order valence-corrected chi connectivity index (χ4v) is 0.896. The van der Waals surface area contributed by atoms with Gasteiger partial charge in [0, 0.05) is 5.56 Å². The van der Waals surface area contributed by atoms with Crippen molar-refractivity contribution in [2.24, 2.45) is 0 Å². The van der Waals surface area contributed by atoms with E-state index in [1.807, 2.05) is 24.3 Å². The summed E-state index contributed by atoms with van der Waals surface area (Å²) in [6, 6.07) is 7.42. The summed E-state index contributed by atoms with van der Waals surface area (Å²) < 4.78 is 5.02. The fraction of sp³-hybridized carbons (Fsp3) is 0.182. The van der Waals surface area contributed by atoms with Crippen LogP contribution in [0.1, 0.15) is 12.0 Å². The quantitative estimate of drug-likeness (QED) is 0.503. The van der Waals surface area contributed by atoms with E-state index in [1.54, 1.807) is 7.11 Å². The molecule has 0 saturated carbocycles. The predicted molar refractivity (Wildman–Crippen MR) is 50.6 cm³/mol. The van der Waals surface area contributed by atoms with Gasteiger partial charge in [-0.15, -0.1) is 0 Å². The second-order valence-electron chi connectivity index (χ2n) is 2.40. The van der Waals surface area contributed by atoms with E-state index in [4.69, 9.17) is 4.74 Å². The normalized spacial score (nSPS) is 8.38. The van der Waals surface area contributed by atoms with Crippen molar-refractivity contribution >= 4 is 6.29 Å². The maximum Gasteiger partial charge on any atom is 0.131 e. The molecule has 0 aliphatic carbocycles. The van der Waals surface area contributed by atoms with Crippen LogP contribution in [-0.4, -0.2) is 13.4 Å². The summed E-state index contributed by atoms with van der Waals surface area (Å²) in [7, 11) is 1.61. The molecule has 0 aliphatic rings. The number of carbonyl (C=O) groups is 1. The van der Waals surface area contributed by atoms with Crippen LogP contribution in [0.15, 0.2) is 24.3 Å². The highest BCUT2D eigenvalue weighted by Gasteiger charge is 1.90. The number of aldehydes is 1. The van der Waals surface area contributed by atoms with E-state index in [0.717, 1.165) is 17.6 Å². The van der Waals surface area contributed by atoms with Gasteiger partial charge in [0.1, 0.15) is 12.0 Å². The monoisotopic (exact) mass is 174 g/mol. The zero-order valence-electron chi connectivity index (χ0n) is 7.41. The van der Waals surface area contributed by atoms with Crippen LogP contribution in [0.2, 0.25) is 0 Å². The highest BCUT2D eigenvalue weighted by Crippen LogP contribution is 2.11. The number of carbonyl (C=O) groups excluding carboxylic acids is 1. The van der Waals surface area contributed by atoms with Gasteiger partial charge in [-0.3, -0.25) is 0 Å². The number of hydrogen-bond donors (Lipinski definition) is 0. The molecular formula is C11H10O2. The Labute approximate surface area is 77.5 Å². The van der Waals surface area contributed by atoms with E-state index >= 15 is 0 Å². The third-order valence-corrected chi connectivity index (χ3v) is 1.49. The van der Waals surface area contributed by atoms with Crippen LogP contribution in [0.3, 0.4) is 0 Å². The fourth-order valence-electron chi connectivity index (χ4n) is 0.896. The summed E-state index contributed by atoms with van der Waals surface area (Å²) in [6.07, 6.45) is 1.06. The average Bonchev–Trinajstić information content (AvgIpc) is 2.19. The Morgan fingerprint density at radius 2 is 2.38 bits per heavy atom. The summed E-state index contributed by atoms with van der Waals surface area (Å²) >= 11 is 0. The molecule has 0 spiro atoms. The lowest BCUT2D eigenvalue weighted by Gasteiger charge is -1.97. The first kappa shape index (κ1) is 9.34. The molecule has 1 rings (SSSR count). The van der Waals surface area contributed by atoms with E-state index in [2.05, 4.69) is 11.8 Å². The number of hydrogen-bond acceptors (Lipinski definition) is 2. The third kappa shape index (κ3) is 3.00. The van der Waals surface area contributed by atoms with Crippen molar-refractivity contribution < 1.29 is 9.53 Å². The van der Waals surface area contributed by atoms with Crippen LogP contribution < -0.4 is 4.74 Å². The van der Waals surface area contributed by atoms with Crippen molar-refractivity contribution in [1.82, 2.24) is 0 Å². The highest BCUT2D eigenvalue weighted by molar-refractivity contribution is 5.55. The van der Waals surface area contributed by atoms with Crippen LogP contribution in [0, 0.1) is 11.8 Å². The minimum Gasteiger partial charge on any atom is -0.497 e. The zero-order chi connectivity index (χ0) is 9.52. The van der Waals surface area contributed by atoms with Crippen molar-refractivity contribution in [2.45, 2.75) is 6.42 Å². The first-order valence-corrected chi connectivity index (χ1v) is 3.93. The van der Waals surface area contributed by atoms with Crippen molar-refractivity contribution in [3.8, 4) is 17.6 Å². The second-order valence-corrected chi connectivity index (χ2v) is 2.40. The Morgan fingerprint density at radius 1 is 1.54 bits per heavy atom. The Hall–Kier alpha value is -1.75.